The molecule has 0 spiro atoms. The van der Waals surface area contributed by atoms with Crippen molar-refractivity contribution >= 4 is 27.2 Å². The molecule has 0 heterocycles. The third kappa shape index (κ3) is 3.62. The van der Waals surface area contributed by atoms with Crippen LogP contribution in [0.2, 0.25) is 0 Å². The van der Waals surface area contributed by atoms with Crippen LogP contribution in [0.4, 0.5) is 0 Å². The largest absolute Gasteiger partial charge is 0.389 e. The third-order valence-corrected chi connectivity index (χ3v) is 6.09. The zero-order chi connectivity index (χ0) is 15.0. The Labute approximate surface area is 131 Å². The van der Waals surface area contributed by atoms with Gasteiger partial charge in [-0.25, -0.2) is 13.1 Å². The van der Waals surface area contributed by atoms with E-state index in [1.54, 1.807) is 24.3 Å². The van der Waals surface area contributed by atoms with Gasteiger partial charge in [-0.3, -0.25) is 0 Å². The zero-order valence-corrected chi connectivity index (χ0v) is 13.4. The molecule has 2 aliphatic rings. The van der Waals surface area contributed by atoms with E-state index < -0.39 is 10.0 Å². The van der Waals surface area contributed by atoms with Crippen LogP contribution in [0.1, 0.15) is 31.2 Å². The second-order valence-corrected chi connectivity index (χ2v) is 8.29. The minimum atomic E-state index is -3.44. The smallest absolute Gasteiger partial charge is 0.240 e. The van der Waals surface area contributed by atoms with Gasteiger partial charge in [-0.2, -0.15) is 0 Å². The molecule has 3 rings (SSSR count). The van der Waals surface area contributed by atoms with Gasteiger partial charge in [0, 0.05) is 12.1 Å². The summed E-state index contributed by atoms with van der Waals surface area (Å²) in [5.74, 6) is 1.99. The molecule has 114 valence electrons. The maximum Gasteiger partial charge on any atom is 0.240 e. The van der Waals surface area contributed by atoms with E-state index in [0.29, 0.717) is 18.0 Å². The molecular weight excluding hydrogens is 304 g/mol. The van der Waals surface area contributed by atoms with E-state index >= 15 is 0 Å². The van der Waals surface area contributed by atoms with Gasteiger partial charge in [0.1, 0.15) is 4.99 Å². The Morgan fingerprint density at radius 2 is 1.71 bits per heavy atom. The highest BCUT2D eigenvalue weighted by molar-refractivity contribution is 7.89. The Morgan fingerprint density at radius 3 is 2.14 bits per heavy atom. The maximum atomic E-state index is 12.3. The van der Waals surface area contributed by atoms with Gasteiger partial charge < -0.3 is 5.73 Å². The Balaban J connectivity index is 1.66. The summed E-state index contributed by atoms with van der Waals surface area (Å²) in [5.41, 5.74) is 6.20. The first-order chi connectivity index (χ1) is 9.97. The molecule has 0 atom stereocenters. The molecular formula is C15H20N2O2S2. The molecule has 6 heteroatoms. The highest BCUT2D eigenvalue weighted by atomic mass is 32.2. The Morgan fingerprint density at radius 1 is 1.19 bits per heavy atom. The normalized spacial score (nSPS) is 18.9. The summed E-state index contributed by atoms with van der Waals surface area (Å²) in [5, 5.41) is 0. The molecule has 0 unspecified atom stereocenters. The molecule has 21 heavy (non-hydrogen) atoms. The molecule has 2 fully saturated rings. The van der Waals surface area contributed by atoms with Crippen molar-refractivity contribution in [2.75, 3.05) is 6.54 Å². The standard InChI is InChI=1S/C15H20N2O2S2/c16-15(20)12-5-7-13(8-6-12)21(18,19)17-9-14(10-1-2-10)11-3-4-11/h5-8,10-11,14,17H,1-4,9H2,(H2,16,20). The molecule has 0 amide bonds. The van der Waals surface area contributed by atoms with Crippen LogP contribution >= 0.6 is 12.2 Å². The molecule has 0 aromatic heterocycles. The predicted octanol–water partition coefficient (Wildman–Crippen LogP) is 2.04. The number of sulfonamides is 1. The fraction of sp³-hybridized carbons (Fsp3) is 0.533. The number of thiocarbonyl (C=S) groups is 1. The van der Waals surface area contributed by atoms with E-state index in [0.717, 1.165) is 11.8 Å². The van der Waals surface area contributed by atoms with Crippen LogP contribution in [0.3, 0.4) is 0 Å². The van der Waals surface area contributed by atoms with Crippen LogP contribution in [0.25, 0.3) is 0 Å². The third-order valence-electron chi connectivity index (χ3n) is 4.41. The van der Waals surface area contributed by atoms with Crippen LogP contribution in [0.15, 0.2) is 29.2 Å². The lowest BCUT2D eigenvalue weighted by atomic mass is 9.99. The topological polar surface area (TPSA) is 72.2 Å². The lowest BCUT2D eigenvalue weighted by molar-refractivity contribution is 0.401. The van der Waals surface area contributed by atoms with Gasteiger partial charge in [-0.15, -0.1) is 0 Å². The first-order valence-electron chi connectivity index (χ1n) is 7.37. The average molecular weight is 324 g/mol. The molecule has 2 aliphatic carbocycles. The maximum absolute atomic E-state index is 12.3. The Bertz CT molecular complexity index is 620. The number of nitrogens with two attached hydrogens (primary N) is 1. The molecule has 2 saturated carbocycles. The predicted molar refractivity (Wildman–Crippen MR) is 86.5 cm³/mol. The summed E-state index contributed by atoms with van der Waals surface area (Å²) < 4.78 is 27.4. The van der Waals surface area contributed by atoms with Gasteiger partial charge in [0.25, 0.3) is 0 Å². The monoisotopic (exact) mass is 324 g/mol. The second-order valence-electron chi connectivity index (χ2n) is 6.08. The van der Waals surface area contributed by atoms with Crippen molar-refractivity contribution in [2.24, 2.45) is 23.5 Å². The van der Waals surface area contributed by atoms with Crippen molar-refractivity contribution in [3.63, 3.8) is 0 Å². The molecule has 0 bridgehead atoms. The SMILES string of the molecule is NC(=S)c1ccc(S(=O)(=O)NCC(C2CC2)C2CC2)cc1. The fourth-order valence-corrected chi connectivity index (χ4v) is 4.06. The summed E-state index contributed by atoms with van der Waals surface area (Å²) in [6, 6.07) is 6.41. The minimum Gasteiger partial charge on any atom is -0.389 e. The van der Waals surface area contributed by atoms with Crippen molar-refractivity contribution in [3.05, 3.63) is 29.8 Å². The zero-order valence-electron chi connectivity index (χ0n) is 11.8. The van der Waals surface area contributed by atoms with Crippen LogP contribution in [0, 0.1) is 17.8 Å². The van der Waals surface area contributed by atoms with Crippen LogP contribution in [0.5, 0.6) is 0 Å². The number of nitrogens with one attached hydrogen (secondary N) is 1. The van der Waals surface area contributed by atoms with E-state index in [1.807, 2.05) is 0 Å². The van der Waals surface area contributed by atoms with Crippen molar-refractivity contribution < 1.29 is 8.42 Å². The molecule has 0 saturated heterocycles. The van der Waals surface area contributed by atoms with E-state index in [2.05, 4.69) is 4.72 Å². The lowest BCUT2D eigenvalue weighted by Gasteiger charge is -2.16. The Kier molecular flexibility index (Phi) is 4.03. The molecule has 0 aliphatic heterocycles. The fourth-order valence-electron chi connectivity index (χ4n) is 2.85. The van der Waals surface area contributed by atoms with Gasteiger partial charge in [0.2, 0.25) is 10.0 Å². The summed E-state index contributed by atoms with van der Waals surface area (Å²) in [4.78, 5) is 0.544. The molecule has 4 nitrogen and oxygen atoms in total. The van der Waals surface area contributed by atoms with Crippen LogP contribution in [-0.4, -0.2) is 20.0 Å². The highest BCUT2D eigenvalue weighted by Crippen LogP contribution is 2.48. The van der Waals surface area contributed by atoms with Gasteiger partial charge in [-0.1, -0.05) is 24.4 Å². The second kappa shape index (κ2) is 5.66. The van der Waals surface area contributed by atoms with Crippen molar-refractivity contribution in [1.29, 1.82) is 0 Å². The number of rotatable bonds is 7. The average Bonchev–Trinajstić information content (AvgIpc) is 3.32. The molecule has 0 radical (unpaired) electrons. The molecule has 1 aromatic rings. The van der Waals surface area contributed by atoms with E-state index in [4.69, 9.17) is 18.0 Å². The number of hydrogen-bond acceptors (Lipinski definition) is 3. The molecule has 3 N–H and O–H groups in total. The van der Waals surface area contributed by atoms with E-state index in [1.165, 1.54) is 25.7 Å². The van der Waals surface area contributed by atoms with E-state index in [9.17, 15) is 8.42 Å². The summed E-state index contributed by atoms with van der Waals surface area (Å²) >= 11 is 4.87. The number of benzene rings is 1. The summed E-state index contributed by atoms with van der Waals surface area (Å²) in [6.07, 6.45) is 5.02. The van der Waals surface area contributed by atoms with Gasteiger partial charge >= 0.3 is 0 Å². The quantitative estimate of drug-likeness (QED) is 0.753. The summed E-state index contributed by atoms with van der Waals surface area (Å²) in [6.45, 7) is 0.564. The summed E-state index contributed by atoms with van der Waals surface area (Å²) in [7, 11) is -3.44. The minimum absolute atomic E-state index is 0.271. The first kappa shape index (κ1) is 14.9. The highest BCUT2D eigenvalue weighted by Gasteiger charge is 2.41. The lowest BCUT2D eigenvalue weighted by Crippen LogP contribution is -2.31. The van der Waals surface area contributed by atoms with Crippen LogP contribution in [-0.2, 0) is 10.0 Å². The Hall–Kier alpha value is -0.980. The van der Waals surface area contributed by atoms with Gasteiger partial charge in [-0.05, 0) is 55.6 Å². The van der Waals surface area contributed by atoms with Crippen molar-refractivity contribution in [2.45, 2.75) is 30.6 Å². The van der Waals surface area contributed by atoms with Gasteiger partial charge in [0.15, 0.2) is 0 Å². The molecule has 1 aromatic carbocycles. The first-order valence-corrected chi connectivity index (χ1v) is 9.26. The van der Waals surface area contributed by atoms with Crippen LogP contribution < -0.4 is 10.5 Å². The van der Waals surface area contributed by atoms with E-state index in [-0.39, 0.29) is 9.88 Å². The van der Waals surface area contributed by atoms with Crippen molar-refractivity contribution in [3.8, 4) is 0 Å². The van der Waals surface area contributed by atoms with Crippen molar-refractivity contribution in [1.82, 2.24) is 4.72 Å². The van der Waals surface area contributed by atoms with Gasteiger partial charge in [0.05, 0.1) is 4.90 Å². The number of hydrogen-bond donors (Lipinski definition) is 2.